The molecule has 1 amide bonds. The van der Waals surface area contributed by atoms with Gasteiger partial charge in [0.05, 0.1) is 30.5 Å². The molecule has 1 aliphatic carbocycles. The fraction of sp³-hybridized carbons (Fsp3) is 0.791. The van der Waals surface area contributed by atoms with Crippen molar-refractivity contribution in [3.05, 3.63) is 36.0 Å². The molecule has 0 spiro atoms. The van der Waals surface area contributed by atoms with Crippen LogP contribution in [0, 0.1) is 29.6 Å². The fourth-order valence-electron chi connectivity index (χ4n) is 9.33. The lowest BCUT2D eigenvalue weighted by Crippen LogP contribution is -2.66. The molecule has 0 aromatic rings. The van der Waals surface area contributed by atoms with Gasteiger partial charge < -0.3 is 43.9 Å². The van der Waals surface area contributed by atoms with E-state index in [4.69, 9.17) is 23.7 Å². The molecule has 2 bridgehead atoms. The van der Waals surface area contributed by atoms with Gasteiger partial charge in [-0.25, -0.2) is 4.79 Å². The van der Waals surface area contributed by atoms with Gasteiger partial charge in [0.1, 0.15) is 24.0 Å². The lowest BCUT2D eigenvalue weighted by atomic mass is 9.81. The molecule has 2 saturated heterocycles. The summed E-state index contributed by atoms with van der Waals surface area (Å²) >= 11 is 0. The highest BCUT2D eigenvalue weighted by molar-refractivity contribution is 5.89. The van der Waals surface area contributed by atoms with Crippen molar-refractivity contribution < 1.29 is 53.4 Å². The third kappa shape index (κ3) is 10.9. The highest BCUT2D eigenvalue weighted by Gasteiger charge is 2.56. The second kappa shape index (κ2) is 20.3. The maximum atomic E-state index is 14.6. The second-order valence-electron chi connectivity index (χ2n) is 16.9. The summed E-state index contributed by atoms with van der Waals surface area (Å²) in [5, 5.41) is 34.3. The van der Waals surface area contributed by atoms with E-state index in [1.807, 2.05) is 26.0 Å². The van der Waals surface area contributed by atoms with Crippen molar-refractivity contribution in [1.29, 1.82) is 0 Å². The Hall–Kier alpha value is -2.45. The molecule has 3 fully saturated rings. The number of hydrogen-bond acceptors (Lipinski definition) is 11. The van der Waals surface area contributed by atoms with E-state index in [0.717, 1.165) is 5.57 Å². The Labute approximate surface area is 328 Å². The molecule has 55 heavy (non-hydrogen) atoms. The molecule has 3 N–H and O–H groups in total. The first-order chi connectivity index (χ1) is 26.1. The third-order valence-electron chi connectivity index (χ3n) is 12.7. The Kier molecular flexibility index (Phi) is 16.7. The summed E-state index contributed by atoms with van der Waals surface area (Å²) in [6.07, 6.45) is 6.20. The summed E-state index contributed by atoms with van der Waals surface area (Å²) < 4.78 is 30.1. The van der Waals surface area contributed by atoms with Crippen LogP contribution < -0.4 is 0 Å². The predicted octanol–water partition coefficient (Wildman–Crippen LogP) is 5.07. The lowest BCUT2D eigenvalue weighted by Gasteiger charge is -2.49. The number of ether oxygens (including phenoxy) is 5. The van der Waals surface area contributed by atoms with Crippen LogP contribution in [0.5, 0.6) is 0 Å². The molecule has 3 heterocycles. The number of piperidine rings is 1. The van der Waals surface area contributed by atoms with Gasteiger partial charge in [0, 0.05) is 52.0 Å². The van der Waals surface area contributed by atoms with E-state index < -0.39 is 78.1 Å². The molecule has 312 valence electrons. The number of nitrogens with zero attached hydrogens (tertiary/aromatic N) is 1. The molecule has 0 aromatic carbocycles. The van der Waals surface area contributed by atoms with E-state index >= 15 is 0 Å². The Morgan fingerprint density at radius 1 is 0.945 bits per heavy atom. The number of methoxy groups -OCH3 is 3. The Balaban J connectivity index is 1.78. The second-order valence-corrected chi connectivity index (χ2v) is 16.9. The number of carbonyl (C=O) groups is 3. The van der Waals surface area contributed by atoms with Gasteiger partial charge in [0.25, 0.3) is 11.7 Å². The van der Waals surface area contributed by atoms with Gasteiger partial charge in [-0.3, -0.25) is 9.59 Å². The molecule has 4 aliphatic rings. The van der Waals surface area contributed by atoms with Gasteiger partial charge in [-0.05, 0) is 95.5 Å². The van der Waals surface area contributed by atoms with Crippen molar-refractivity contribution in [2.24, 2.45) is 29.6 Å². The van der Waals surface area contributed by atoms with Gasteiger partial charge in [-0.1, -0.05) is 44.6 Å². The summed E-state index contributed by atoms with van der Waals surface area (Å²) in [6, 6.07) is -1.00. The van der Waals surface area contributed by atoms with Crippen LogP contribution in [0.2, 0.25) is 0 Å². The number of aliphatic hydroxyl groups is 3. The zero-order valence-corrected chi connectivity index (χ0v) is 34.5. The normalized spacial score (nSPS) is 41.8. The van der Waals surface area contributed by atoms with Crippen LogP contribution in [0.1, 0.15) is 105 Å². The van der Waals surface area contributed by atoms with E-state index in [9.17, 15) is 29.7 Å². The van der Waals surface area contributed by atoms with E-state index in [2.05, 4.69) is 13.5 Å². The molecule has 14 atom stereocenters. The standard InChI is InChI=1S/C43H69NO11/c1-10-13-31-19-25(2)18-26(3)20-37(52-8)40-38(53-9)22-28(5)43(50,55-40)42(49)44-17-12-11-14-32(44)41(48)54-39(29(6)34(46)24-35(31)47)27(4)21-30-15-16-33(45)36(23-30)51-7/h10,19,21,26,28-34,36-40,45-46,50H,1,11-18,20,22-24H2,2-9H3/b25-19+,27-21+/t26-,28+,29+,30-,31+,32-,33+,34-,36-,37-,38+,39+,40+,43+/m0/s1. The first-order valence-electron chi connectivity index (χ1n) is 20.4. The van der Waals surface area contributed by atoms with Crippen molar-refractivity contribution in [3.63, 3.8) is 0 Å². The van der Waals surface area contributed by atoms with Gasteiger partial charge in [-0.15, -0.1) is 6.58 Å². The summed E-state index contributed by atoms with van der Waals surface area (Å²) in [4.78, 5) is 44.2. The van der Waals surface area contributed by atoms with Crippen LogP contribution >= 0.6 is 0 Å². The smallest absolute Gasteiger partial charge is 0.329 e. The predicted molar refractivity (Wildman–Crippen MR) is 208 cm³/mol. The van der Waals surface area contributed by atoms with E-state index in [-0.39, 0.29) is 36.7 Å². The molecule has 1 saturated carbocycles. The lowest BCUT2D eigenvalue weighted by molar-refractivity contribution is -0.309. The Morgan fingerprint density at radius 3 is 2.27 bits per heavy atom. The van der Waals surface area contributed by atoms with Crippen molar-refractivity contribution in [2.75, 3.05) is 27.9 Å². The maximum absolute atomic E-state index is 14.6. The van der Waals surface area contributed by atoms with Gasteiger partial charge in [0.15, 0.2) is 0 Å². The first-order valence-corrected chi connectivity index (χ1v) is 20.4. The summed E-state index contributed by atoms with van der Waals surface area (Å²) in [5.41, 5.74) is 1.70. The Bertz CT molecular complexity index is 1380. The van der Waals surface area contributed by atoms with Crippen LogP contribution in [-0.4, -0.2) is 120 Å². The van der Waals surface area contributed by atoms with Crippen LogP contribution in [-0.2, 0) is 38.1 Å². The zero-order chi connectivity index (χ0) is 40.6. The van der Waals surface area contributed by atoms with Gasteiger partial charge in [0.2, 0.25) is 0 Å². The SMILES string of the molecule is C=CC[C@@H]1/C=C(\C)C[C@H](C)C[C@H](OC)[C@H]2O[C@@](O)(C(=O)N3CCCC[C@H]3C(=O)O[C@H](/C(C)=C/[C@@H]3CC[C@@H](O)[C@@H](OC)C3)[C@H](C)[C@@H](O)CC1=O)[C@H](C)C[C@H]2OC. The number of cyclic esters (lactones) is 1. The number of carbonyl (C=O) groups excluding carboxylic acids is 3. The van der Waals surface area contributed by atoms with Gasteiger partial charge >= 0.3 is 5.97 Å². The minimum Gasteiger partial charge on any atom is -0.456 e. The van der Waals surface area contributed by atoms with E-state index in [0.29, 0.717) is 69.8 Å². The van der Waals surface area contributed by atoms with Crippen molar-refractivity contribution >= 4 is 17.7 Å². The molecular formula is C43H69NO11. The van der Waals surface area contributed by atoms with Gasteiger partial charge in [-0.2, -0.15) is 0 Å². The number of ketones is 1. The molecular weight excluding hydrogens is 706 g/mol. The number of amides is 1. The minimum absolute atomic E-state index is 0.0262. The largest absolute Gasteiger partial charge is 0.456 e. The quantitative estimate of drug-likeness (QED) is 0.234. The minimum atomic E-state index is -2.24. The average molecular weight is 776 g/mol. The summed E-state index contributed by atoms with van der Waals surface area (Å²) in [6.45, 7) is 13.6. The summed E-state index contributed by atoms with van der Waals surface area (Å²) in [7, 11) is 4.74. The molecule has 12 nitrogen and oxygen atoms in total. The summed E-state index contributed by atoms with van der Waals surface area (Å²) in [5.74, 6) is -5.46. The highest BCUT2D eigenvalue weighted by Crippen LogP contribution is 2.40. The zero-order valence-electron chi connectivity index (χ0n) is 34.5. The molecule has 0 aromatic heterocycles. The van der Waals surface area contributed by atoms with Crippen molar-refractivity contribution in [2.45, 2.75) is 160 Å². The molecule has 0 unspecified atom stereocenters. The molecule has 12 heteroatoms. The third-order valence-corrected chi connectivity index (χ3v) is 12.7. The monoisotopic (exact) mass is 775 g/mol. The number of Topliss-reactive ketones (excluding diaryl/α,β-unsaturated/α-hetero) is 1. The number of hydrogen-bond donors (Lipinski definition) is 3. The van der Waals surface area contributed by atoms with Crippen LogP contribution in [0.4, 0.5) is 0 Å². The van der Waals surface area contributed by atoms with E-state index in [1.165, 1.54) is 4.90 Å². The van der Waals surface area contributed by atoms with E-state index in [1.54, 1.807) is 41.3 Å². The number of aliphatic hydroxyl groups excluding tert-OH is 2. The highest BCUT2D eigenvalue weighted by atomic mass is 16.7. The maximum Gasteiger partial charge on any atom is 0.329 e. The van der Waals surface area contributed by atoms with Crippen molar-refractivity contribution in [3.8, 4) is 0 Å². The first kappa shape index (κ1) is 45.3. The van der Waals surface area contributed by atoms with Crippen LogP contribution in [0.3, 0.4) is 0 Å². The molecule has 4 rings (SSSR count). The van der Waals surface area contributed by atoms with Crippen LogP contribution in [0.15, 0.2) is 36.0 Å². The van der Waals surface area contributed by atoms with Crippen molar-refractivity contribution in [1.82, 2.24) is 4.90 Å². The molecule has 0 radical (unpaired) electrons. The fourth-order valence-corrected chi connectivity index (χ4v) is 9.33. The average Bonchev–Trinajstić information content (AvgIpc) is 3.16. The Morgan fingerprint density at radius 2 is 1.62 bits per heavy atom. The number of allylic oxidation sites excluding steroid dienone is 4. The molecule has 3 aliphatic heterocycles. The number of fused-ring (bicyclic) bond motifs is 3. The number of rotatable bonds is 7. The topological polar surface area (TPSA) is 161 Å². The number of esters is 1. The van der Waals surface area contributed by atoms with Crippen LogP contribution in [0.25, 0.3) is 0 Å².